The fraction of sp³-hybridized carbons (Fsp3) is 0.692. The minimum absolute atomic E-state index is 0.250. The lowest BCUT2D eigenvalue weighted by Crippen LogP contribution is -2.40. The van der Waals surface area contributed by atoms with Crippen molar-refractivity contribution in [3.63, 3.8) is 0 Å². The molecular weight excluding hydrogens is 280 g/mol. The molecule has 21 heavy (non-hydrogen) atoms. The van der Waals surface area contributed by atoms with Gasteiger partial charge in [-0.05, 0) is 13.8 Å². The van der Waals surface area contributed by atoms with E-state index in [4.69, 9.17) is 14.2 Å². The molecule has 2 fully saturated rings. The van der Waals surface area contributed by atoms with Crippen LogP contribution < -0.4 is 11.2 Å². The summed E-state index contributed by atoms with van der Waals surface area (Å²) in [5.74, 6) is -0.767. The summed E-state index contributed by atoms with van der Waals surface area (Å²) in [6.07, 6.45) is -2.58. The lowest BCUT2D eigenvalue weighted by Gasteiger charge is -2.24. The molecule has 0 aliphatic carbocycles. The van der Waals surface area contributed by atoms with Gasteiger partial charge in [-0.1, -0.05) is 0 Å². The minimum Gasteiger partial charge on any atom is -0.387 e. The van der Waals surface area contributed by atoms with E-state index in [-0.39, 0.29) is 24.3 Å². The Balaban J connectivity index is 1.89. The number of rotatable bonds is 0. The molecule has 3 aliphatic heterocycles. The second kappa shape index (κ2) is 4.04. The zero-order valence-electron chi connectivity index (χ0n) is 11.6. The maximum Gasteiger partial charge on any atom is 0.330 e. The van der Waals surface area contributed by atoms with E-state index in [0.717, 1.165) is 0 Å². The molecule has 2 bridgehead atoms. The number of hydrogen-bond donors (Lipinski definition) is 2. The first-order valence-electron chi connectivity index (χ1n) is 6.91. The molecule has 0 spiro atoms. The van der Waals surface area contributed by atoms with E-state index in [2.05, 4.69) is 4.98 Å². The Hall–Kier alpha value is -1.48. The van der Waals surface area contributed by atoms with E-state index in [1.165, 1.54) is 10.6 Å². The summed E-state index contributed by atoms with van der Waals surface area (Å²) in [6.45, 7) is 3.59. The Labute approximate surface area is 119 Å². The molecule has 2 saturated heterocycles. The van der Waals surface area contributed by atoms with Crippen molar-refractivity contribution in [2.75, 3.05) is 0 Å². The normalized spacial score (nSPS) is 39.7. The van der Waals surface area contributed by atoms with Crippen molar-refractivity contribution in [2.45, 2.75) is 56.7 Å². The Morgan fingerprint density at radius 1 is 1.33 bits per heavy atom. The van der Waals surface area contributed by atoms with Gasteiger partial charge in [-0.3, -0.25) is 14.3 Å². The molecule has 4 rings (SSSR count). The molecule has 4 heterocycles. The summed E-state index contributed by atoms with van der Waals surface area (Å²) < 4.78 is 18.8. The third-order valence-corrected chi connectivity index (χ3v) is 4.18. The van der Waals surface area contributed by atoms with Crippen LogP contribution in [0, 0.1) is 0 Å². The highest BCUT2D eigenvalue weighted by Crippen LogP contribution is 2.47. The predicted molar refractivity (Wildman–Crippen MR) is 68.6 cm³/mol. The van der Waals surface area contributed by atoms with Gasteiger partial charge < -0.3 is 19.3 Å². The number of aromatic amines is 1. The number of fused-ring (bicyclic) bond motifs is 7. The predicted octanol–water partition coefficient (Wildman–Crippen LogP) is -0.609. The fourth-order valence-corrected chi connectivity index (χ4v) is 3.44. The largest absolute Gasteiger partial charge is 0.387 e. The number of aromatic nitrogens is 2. The van der Waals surface area contributed by atoms with Crippen LogP contribution in [0.1, 0.15) is 38.3 Å². The zero-order chi connectivity index (χ0) is 14.9. The molecule has 3 aliphatic rings. The van der Waals surface area contributed by atoms with Crippen molar-refractivity contribution in [1.29, 1.82) is 0 Å². The van der Waals surface area contributed by atoms with Gasteiger partial charge in [-0.2, -0.15) is 0 Å². The highest BCUT2D eigenvalue weighted by atomic mass is 16.8. The summed E-state index contributed by atoms with van der Waals surface area (Å²) in [6, 6.07) is 1.23. The molecule has 0 radical (unpaired) electrons. The van der Waals surface area contributed by atoms with Gasteiger partial charge in [0.25, 0.3) is 5.56 Å². The Morgan fingerprint density at radius 2 is 2.05 bits per heavy atom. The zero-order valence-corrected chi connectivity index (χ0v) is 11.6. The Bertz CT molecular complexity index is 707. The second-order valence-corrected chi connectivity index (χ2v) is 6.11. The summed E-state index contributed by atoms with van der Waals surface area (Å²) in [5, 5.41) is 10.3. The molecule has 8 nitrogen and oxygen atoms in total. The smallest absolute Gasteiger partial charge is 0.330 e. The third-order valence-electron chi connectivity index (χ3n) is 4.18. The van der Waals surface area contributed by atoms with E-state index in [9.17, 15) is 14.7 Å². The van der Waals surface area contributed by atoms with Gasteiger partial charge in [0.15, 0.2) is 12.0 Å². The first-order valence-corrected chi connectivity index (χ1v) is 6.91. The summed E-state index contributed by atoms with van der Waals surface area (Å²) in [7, 11) is 0. The van der Waals surface area contributed by atoms with Crippen LogP contribution in [-0.4, -0.2) is 38.8 Å². The number of hydrogen-bond acceptors (Lipinski definition) is 6. The first-order chi connectivity index (χ1) is 9.85. The molecule has 0 amide bonds. The Kier molecular flexibility index (Phi) is 2.54. The second-order valence-electron chi connectivity index (χ2n) is 6.11. The van der Waals surface area contributed by atoms with E-state index in [1.54, 1.807) is 13.8 Å². The highest BCUT2D eigenvalue weighted by molar-refractivity contribution is 5.13. The molecule has 0 aromatic carbocycles. The number of nitrogens with one attached hydrogen (secondary N) is 1. The van der Waals surface area contributed by atoms with Crippen LogP contribution in [0.4, 0.5) is 0 Å². The summed E-state index contributed by atoms with van der Waals surface area (Å²) in [5.41, 5.74) is -0.900. The van der Waals surface area contributed by atoms with Crippen molar-refractivity contribution in [1.82, 2.24) is 9.55 Å². The first kappa shape index (κ1) is 13.2. The number of aliphatic hydroxyl groups is 1. The van der Waals surface area contributed by atoms with Gasteiger partial charge in [0.1, 0.15) is 12.2 Å². The van der Waals surface area contributed by atoms with E-state index in [0.29, 0.717) is 0 Å². The van der Waals surface area contributed by atoms with Gasteiger partial charge >= 0.3 is 5.69 Å². The quantitative estimate of drug-likeness (QED) is 0.662. The summed E-state index contributed by atoms with van der Waals surface area (Å²) >= 11 is 0. The van der Waals surface area contributed by atoms with Crippen molar-refractivity contribution >= 4 is 0 Å². The molecule has 0 unspecified atom stereocenters. The highest BCUT2D eigenvalue weighted by Gasteiger charge is 2.58. The number of aliphatic hydroxyl groups excluding tert-OH is 1. The lowest BCUT2D eigenvalue weighted by atomic mass is 10.00. The molecule has 2 N–H and O–H groups in total. The van der Waals surface area contributed by atoms with Crippen molar-refractivity contribution in [3.05, 3.63) is 32.6 Å². The van der Waals surface area contributed by atoms with E-state index >= 15 is 0 Å². The van der Waals surface area contributed by atoms with Crippen LogP contribution in [0.15, 0.2) is 15.7 Å². The topological polar surface area (TPSA) is 103 Å². The van der Waals surface area contributed by atoms with Crippen LogP contribution in [0.5, 0.6) is 0 Å². The number of ether oxygens (including phenoxy) is 3. The fourth-order valence-electron chi connectivity index (χ4n) is 3.44. The van der Waals surface area contributed by atoms with Crippen LogP contribution >= 0.6 is 0 Å². The molecule has 5 atom stereocenters. The van der Waals surface area contributed by atoms with Crippen molar-refractivity contribution < 1.29 is 19.3 Å². The van der Waals surface area contributed by atoms with E-state index in [1.807, 2.05) is 0 Å². The summed E-state index contributed by atoms with van der Waals surface area (Å²) in [4.78, 5) is 25.8. The van der Waals surface area contributed by atoms with Crippen molar-refractivity contribution in [3.8, 4) is 0 Å². The van der Waals surface area contributed by atoms with Crippen LogP contribution in [0.3, 0.4) is 0 Å². The molecule has 1 aromatic heterocycles. The monoisotopic (exact) mass is 296 g/mol. The molecule has 0 saturated carbocycles. The standard InChI is InChI=1S/C13H16N2O6/c1-13(2)20-9-7-4-6(16)5-3-8(17)14-12(18)15(5)11(19-7)10(9)21-13/h3,6-7,9-11,16H,4H2,1-2H3,(H,14,17,18)/t6-,7-,9-,10-,11-/m1/s1. The molecular formula is C13H16N2O6. The van der Waals surface area contributed by atoms with Gasteiger partial charge in [0, 0.05) is 12.5 Å². The lowest BCUT2D eigenvalue weighted by molar-refractivity contribution is -0.196. The minimum atomic E-state index is -0.955. The van der Waals surface area contributed by atoms with Gasteiger partial charge in [0.2, 0.25) is 0 Å². The Morgan fingerprint density at radius 3 is 2.81 bits per heavy atom. The van der Waals surface area contributed by atoms with Gasteiger partial charge in [-0.25, -0.2) is 4.79 Å². The van der Waals surface area contributed by atoms with Crippen LogP contribution in [0.2, 0.25) is 0 Å². The molecule has 8 heteroatoms. The molecule has 1 aromatic rings. The van der Waals surface area contributed by atoms with Crippen LogP contribution in [-0.2, 0) is 14.2 Å². The average Bonchev–Trinajstić information content (AvgIpc) is 2.77. The number of H-pyrrole nitrogens is 1. The van der Waals surface area contributed by atoms with Gasteiger partial charge in [-0.15, -0.1) is 0 Å². The average molecular weight is 296 g/mol. The SMILES string of the molecule is CC1(C)O[C@@H]2[C@H](O1)[C@H]1C[C@@H](O)c3cc(=O)[nH]c(=O)n3[C@@H]2O1. The molecule has 114 valence electrons. The third kappa shape index (κ3) is 1.83. The number of nitrogens with zero attached hydrogens (tertiary/aromatic N) is 1. The van der Waals surface area contributed by atoms with Crippen molar-refractivity contribution in [2.24, 2.45) is 0 Å². The van der Waals surface area contributed by atoms with Gasteiger partial charge in [0.05, 0.1) is 17.9 Å². The maximum atomic E-state index is 12.1. The maximum absolute atomic E-state index is 12.1. The van der Waals surface area contributed by atoms with E-state index < -0.39 is 35.5 Å². The van der Waals surface area contributed by atoms with Crippen LogP contribution in [0.25, 0.3) is 0 Å².